The Morgan fingerprint density at radius 2 is 1.91 bits per heavy atom. The van der Waals surface area contributed by atoms with E-state index in [2.05, 4.69) is 27.4 Å². The SMILES string of the molecule is COCc1ccccc1CCNc1ncnc2cc(F)ccc12. The van der Waals surface area contributed by atoms with Gasteiger partial charge in [0.2, 0.25) is 0 Å². The van der Waals surface area contributed by atoms with Gasteiger partial charge in [0.1, 0.15) is 18.0 Å². The van der Waals surface area contributed by atoms with Crippen LogP contribution < -0.4 is 5.32 Å². The number of benzene rings is 2. The molecule has 1 heterocycles. The monoisotopic (exact) mass is 311 g/mol. The van der Waals surface area contributed by atoms with E-state index in [9.17, 15) is 4.39 Å². The number of ether oxygens (including phenoxy) is 1. The number of rotatable bonds is 6. The van der Waals surface area contributed by atoms with E-state index in [0.717, 1.165) is 24.2 Å². The van der Waals surface area contributed by atoms with Crippen LogP contribution >= 0.6 is 0 Å². The van der Waals surface area contributed by atoms with Crippen molar-refractivity contribution in [2.45, 2.75) is 13.0 Å². The lowest BCUT2D eigenvalue weighted by Crippen LogP contribution is -2.08. The number of nitrogens with one attached hydrogen (secondary N) is 1. The van der Waals surface area contributed by atoms with E-state index in [1.165, 1.54) is 29.6 Å². The molecule has 0 radical (unpaired) electrons. The highest BCUT2D eigenvalue weighted by Gasteiger charge is 2.05. The van der Waals surface area contributed by atoms with Crippen molar-refractivity contribution in [3.63, 3.8) is 0 Å². The van der Waals surface area contributed by atoms with Crippen LogP contribution in [0.25, 0.3) is 10.9 Å². The summed E-state index contributed by atoms with van der Waals surface area (Å²) in [7, 11) is 1.70. The number of methoxy groups -OCH3 is 1. The molecular formula is C18H18FN3O. The molecular weight excluding hydrogens is 293 g/mol. The van der Waals surface area contributed by atoms with E-state index < -0.39 is 0 Å². The maximum atomic E-state index is 13.3. The second-order valence-electron chi connectivity index (χ2n) is 5.26. The standard InChI is InChI=1S/C18H18FN3O/c1-23-11-14-5-3-2-4-13(14)8-9-20-18-16-7-6-15(19)10-17(16)21-12-22-18/h2-7,10,12H,8-9,11H2,1H3,(H,20,21,22). The Morgan fingerprint density at radius 3 is 2.74 bits per heavy atom. The summed E-state index contributed by atoms with van der Waals surface area (Å²) in [5.74, 6) is 0.426. The fourth-order valence-electron chi connectivity index (χ4n) is 2.58. The smallest absolute Gasteiger partial charge is 0.137 e. The zero-order chi connectivity index (χ0) is 16.1. The summed E-state index contributed by atoms with van der Waals surface area (Å²) < 4.78 is 18.5. The zero-order valence-corrected chi connectivity index (χ0v) is 12.9. The summed E-state index contributed by atoms with van der Waals surface area (Å²) in [4.78, 5) is 8.36. The lowest BCUT2D eigenvalue weighted by Gasteiger charge is -2.11. The number of aromatic nitrogens is 2. The molecule has 0 atom stereocenters. The minimum absolute atomic E-state index is 0.296. The zero-order valence-electron chi connectivity index (χ0n) is 12.9. The van der Waals surface area contributed by atoms with Gasteiger partial charge in [-0.1, -0.05) is 24.3 Å². The van der Waals surface area contributed by atoms with Gasteiger partial charge in [-0.05, 0) is 29.7 Å². The van der Waals surface area contributed by atoms with Gasteiger partial charge in [-0.25, -0.2) is 14.4 Å². The van der Waals surface area contributed by atoms with Crippen molar-refractivity contribution in [1.82, 2.24) is 9.97 Å². The molecule has 0 saturated heterocycles. The van der Waals surface area contributed by atoms with Crippen LogP contribution in [-0.4, -0.2) is 23.6 Å². The molecule has 0 amide bonds. The van der Waals surface area contributed by atoms with Gasteiger partial charge < -0.3 is 10.1 Å². The minimum atomic E-state index is -0.296. The number of hydrogen-bond donors (Lipinski definition) is 1. The van der Waals surface area contributed by atoms with Gasteiger partial charge in [0.25, 0.3) is 0 Å². The van der Waals surface area contributed by atoms with E-state index in [1.54, 1.807) is 13.2 Å². The van der Waals surface area contributed by atoms with Gasteiger partial charge in [0.15, 0.2) is 0 Å². The molecule has 0 spiro atoms. The summed E-state index contributed by atoms with van der Waals surface area (Å²) in [5.41, 5.74) is 3.03. The van der Waals surface area contributed by atoms with Crippen LogP contribution in [0, 0.1) is 5.82 Å². The van der Waals surface area contributed by atoms with Crippen LogP contribution in [0.1, 0.15) is 11.1 Å². The molecule has 0 fully saturated rings. The van der Waals surface area contributed by atoms with E-state index >= 15 is 0 Å². The molecule has 2 aromatic carbocycles. The van der Waals surface area contributed by atoms with Crippen molar-refractivity contribution in [2.75, 3.05) is 19.0 Å². The number of nitrogens with zero attached hydrogens (tertiary/aromatic N) is 2. The average Bonchev–Trinajstić information content (AvgIpc) is 2.56. The largest absolute Gasteiger partial charge is 0.380 e. The van der Waals surface area contributed by atoms with Crippen molar-refractivity contribution in [1.29, 1.82) is 0 Å². The fraction of sp³-hybridized carbons (Fsp3) is 0.222. The molecule has 0 aliphatic rings. The molecule has 5 heteroatoms. The van der Waals surface area contributed by atoms with Crippen molar-refractivity contribution in [3.05, 3.63) is 65.7 Å². The van der Waals surface area contributed by atoms with Crippen LogP contribution in [-0.2, 0) is 17.8 Å². The number of halogens is 1. The van der Waals surface area contributed by atoms with Crippen molar-refractivity contribution in [2.24, 2.45) is 0 Å². The summed E-state index contributed by atoms with van der Waals surface area (Å²) in [5, 5.41) is 4.13. The molecule has 0 unspecified atom stereocenters. The van der Waals surface area contributed by atoms with Crippen LogP contribution in [0.2, 0.25) is 0 Å². The highest BCUT2D eigenvalue weighted by molar-refractivity contribution is 5.88. The fourth-order valence-corrected chi connectivity index (χ4v) is 2.58. The molecule has 0 aliphatic heterocycles. The maximum Gasteiger partial charge on any atom is 0.137 e. The van der Waals surface area contributed by atoms with Crippen LogP contribution in [0.5, 0.6) is 0 Å². The van der Waals surface area contributed by atoms with E-state index in [-0.39, 0.29) is 5.82 Å². The maximum absolute atomic E-state index is 13.3. The van der Waals surface area contributed by atoms with Gasteiger partial charge in [0.05, 0.1) is 12.1 Å². The molecule has 0 saturated carbocycles. The molecule has 3 aromatic rings. The molecule has 4 nitrogen and oxygen atoms in total. The summed E-state index contributed by atoms with van der Waals surface area (Å²) in [6.45, 7) is 1.33. The summed E-state index contributed by atoms with van der Waals surface area (Å²) in [6, 6.07) is 12.7. The Hall–Kier alpha value is -2.53. The van der Waals surface area contributed by atoms with Crippen molar-refractivity contribution in [3.8, 4) is 0 Å². The second kappa shape index (κ2) is 7.15. The van der Waals surface area contributed by atoms with E-state index in [0.29, 0.717) is 12.1 Å². The first-order chi connectivity index (χ1) is 11.3. The van der Waals surface area contributed by atoms with Gasteiger partial charge >= 0.3 is 0 Å². The third-order valence-corrected chi connectivity index (χ3v) is 3.70. The van der Waals surface area contributed by atoms with E-state index in [1.807, 2.05) is 12.1 Å². The molecule has 0 bridgehead atoms. The van der Waals surface area contributed by atoms with Crippen LogP contribution in [0.15, 0.2) is 48.8 Å². The Labute approximate surface area is 134 Å². The first kappa shape index (κ1) is 15.4. The molecule has 118 valence electrons. The van der Waals surface area contributed by atoms with Crippen LogP contribution in [0.3, 0.4) is 0 Å². The predicted octanol–water partition coefficient (Wildman–Crippen LogP) is 3.57. The average molecular weight is 311 g/mol. The minimum Gasteiger partial charge on any atom is -0.380 e. The lowest BCUT2D eigenvalue weighted by molar-refractivity contribution is 0.184. The summed E-state index contributed by atoms with van der Waals surface area (Å²) in [6.07, 6.45) is 2.30. The first-order valence-electron chi connectivity index (χ1n) is 7.48. The van der Waals surface area contributed by atoms with Gasteiger partial charge in [-0.3, -0.25) is 0 Å². The molecule has 0 aliphatic carbocycles. The molecule has 1 N–H and O–H groups in total. The Bertz CT molecular complexity index is 807. The van der Waals surface area contributed by atoms with E-state index in [4.69, 9.17) is 4.74 Å². The lowest BCUT2D eigenvalue weighted by atomic mass is 10.1. The van der Waals surface area contributed by atoms with Gasteiger partial charge in [-0.15, -0.1) is 0 Å². The Kier molecular flexibility index (Phi) is 4.78. The van der Waals surface area contributed by atoms with Crippen molar-refractivity contribution < 1.29 is 9.13 Å². The third-order valence-electron chi connectivity index (χ3n) is 3.70. The van der Waals surface area contributed by atoms with Crippen molar-refractivity contribution >= 4 is 16.7 Å². The van der Waals surface area contributed by atoms with Crippen LogP contribution in [0.4, 0.5) is 10.2 Å². The number of fused-ring (bicyclic) bond motifs is 1. The third kappa shape index (κ3) is 3.63. The molecule has 1 aromatic heterocycles. The normalized spacial score (nSPS) is 10.9. The highest BCUT2D eigenvalue weighted by Crippen LogP contribution is 2.20. The molecule has 23 heavy (non-hydrogen) atoms. The highest BCUT2D eigenvalue weighted by atomic mass is 19.1. The number of anilines is 1. The first-order valence-corrected chi connectivity index (χ1v) is 7.48. The molecule has 3 rings (SSSR count). The predicted molar refractivity (Wildman–Crippen MR) is 88.8 cm³/mol. The Balaban J connectivity index is 1.72. The topological polar surface area (TPSA) is 47.0 Å². The van der Waals surface area contributed by atoms with Gasteiger partial charge in [-0.2, -0.15) is 0 Å². The van der Waals surface area contributed by atoms with Gasteiger partial charge in [0, 0.05) is 25.1 Å². The number of hydrogen-bond acceptors (Lipinski definition) is 4. The quantitative estimate of drug-likeness (QED) is 0.756. The Morgan fingerprint density at radius 1 is 1.09 bits per heavy atom. The second-order valence-corrected chi connectivity index (χ2v) is 5.26. The summed E-state index contributed by atoms with van der Waals surface area (Å²) >= 11 is 0.